The number of carbonyl (C=O) groups excluding carboxylic acids is 1. The van der Waals surface area contributed by atoms with E-state index in [0.717, 1.165) is 28.3 Å². The van der Waals surface area contributed by atoms with E-state index in [1.165, 1.54) is 0 Å². The molecule has 0 radical (unpaired) electrons. The second-order valence-corrected chi connectivity index (χ2v) is 7.90. The molecule has 6 heteroatoms. The van der Waals surface area contributed by atoms with Crippen LogP contribution in [-0.4, -0.2) is 25.2 Å². The Kier molecular flexibility index (Phi) is 6.47. The summed E-state index contributed by atoms with van der Waals surface area (Å²) < 4.78 is 11.3. The van der Waals surface area contributed by atoms with Gasteiger partial charge in [-0.25, -0.2) is 0 Å². The highest BCUT2D eigenvalue weighted by atomic mass is 35.5. The van der Waals surface area contributed by atoms with E-state index in [2.05, 4.69) is 24.5 Å². The Hall–Kier alpha value is -2.24. The Morgan fingerprint density at radius 1 is 1.04 bits per heavy atom. The summed E-state index contributed by atoms with van der Waals surface area (Å²) in [5.41, 5.74) is 2.77. The number of hydrogen-bond acceptors (Lipinski definition) is 4. The van der Waals surface area contributed by atoms with E-state index in [-0.39, 0.29) is 23.9 Å². The van der Waals surface area contributed by atoms with Crippen LogP contribution in [0.5, 0.6) is 11.5 Å². The van der Waals surface area contributed by atoms with Gasteiger partial charge in [-0.1, -0.05) is 37.6 Å². The number of rotatable bonds is 6. The highest BCUT2D eigenvalue weighted by Gasteiger charge is 2.24. The Bertz CT molecular complexity index is 854. The fourth-order valence-corrected chi connectivity index (χ4v) is 3.41. The first-order chi connectivity index (χ1) is 13.3. The van der Waals surface area contributed by atoms with Crippen molar-refractivity contribution in [2.24, 2.45) is 5.92 Å². The van der Waals surface area contributed by atoms with Crippen molar-refractivity contribution in [3.8, 4) is 11.5 Å². The molecule has 1 heterocycles. The predicted octanol–water partition coefficient (Wildman–Crippen LogP) is 4.73. The van der Waals surface area contributed by atoms with Crippen LogP contribution in [0.15, 0.2) is 36.4 Å². The molecule has 0 fully saturated rings. The van der Waals surface area contributed by atoms with Crippen LogP contribution >= 0.6 is 11.6 Å². The molecule has 0 aromatic heterocycles. The molecule has 28 heavy (non-hydrogen) atoms. The number of ether oxygens (including phenoxy) is 2. The quantitative estimate of drug-likeness (QED) is 0.733. The monoisotopic (exact) mass is 402 g/mol. The van der Waals surface area contributed by atoms with Gasteiger partial charge in [0, 0.05) is 16.8 Å². The number of halogens is 1. The van der Waals surface area contributed by atoms with Crippen LogP contribution in [0, 0.1) is 12.8 Å². The highest BCUT2D eigenvalue weighted by Crippen LogP contribution is 2.34. The number of fused-ring (bicyclic) bond motifs is 1. The lowest BCUT2D eigenvalue weighted by Gasteiger charge is -2.28. The Labute approximate surface area is 171 Å². The van der Waals surface area contributed by atoms with Crippen LogP contribution in [0.3, 0.4) is 0 Å². The number of hydrogen-bond donors (Lipinski definition) is 2. The third-order valence-electron chi connectivity index (χ3n) is 4.87. The maximum Gasteiger partial charge on any atom is 0.241 e. The maximum absolute atomic E-state index is 12.7. The van der Waals surface area contributed by atoms with Gasteiger partial charge in [-0.05, 0) is 55.2 Å². The minimum Gasteiger partial charge on any atom is -0.486 e. The number of nitrogens with one attached hydrogen (secondary N) is 2. The molecule has 0 unspecified atom stereocenters. The van der Waals surface area contributed by atoms with Gasteiger partial charge in [-0.3, -0.25) is 10.1 Å². The lowest BCUT2D eigenvalue weighted by molar-refractivity contribution is -0.118. The SMILES string of the molecule is Cc1ccc(Cl)cc1NC(=O)[C@H](C)N[C@H](c1ccc2c(c1)OCCO2)C(C)C. The fourth-order valence-electron chi connectivity index (χ4n) is 3.24. The molecule has 3 rings (SSSR count). The summed E-state index contributed by atoms with van der Waals surface area (Å²) in [5.74, 6) is 1.70. The Balaban J connectivity index is 1.73. The highest BCUT2D eigenvalue weighted by molar-refractivity contribution is 6.31. The molecule has 2 N–H and O–H groups in total. The fraction of sp³-hybridized carbons (Fsp3) is 0.409. The smallest absolute Gasteiger partial charge is 0.241 e. The molecule has 2 atom stereocenters. The van der Waals surface area contributed by atoms with E-state index in [4.69, 9.17) is 21.1 Å². The van der Waals surface area contributed by atoms with Gasteiger partial charge in [0.25, 0.3) is 0 Å². The second-order valence-electron chi connectivity index (χ2n) is 7.46. The first-order valence-electron chi connectivity index (χ1n) is 9.57. The van der Waals surface area contributed by atoms with Gasteiger partial charge in [0.1, 0.15) is 13.2 Å². The molecule has 150 valence electrons. The molecule has 0 bridgehead atoms. The zero-order chi connectivity index (χ0) is 20.3. The van der Waals surface area contributed by atoms with Crippen molar-refractivity contribution in [3.63, 3.8) is 0 Å². The number of carbonyl (C=O) groups is 1. The summed E-state index contributed by atoms with van der Waals surface area (Å²) in [6.07, 6.45) is 0. The standard InChI is InChI=1S/C22H27ClN2O3/c1-13(2)21(16-6-8-19-20(11-16)28-10-9-27-19)24-15(4)22(26)25-18-12-17(23)7-5-14(18)3/h5-8,11-13,15,21,24H,9-10H2,1-4H3,(H,25,26)/t15-,21-/m0/s1. The molecule has 2 aromatic carbocycles. The summed E-state index contributed by atoms with van der Waals surface area (Å²) in [6, 6.07) is 11.0. The average molecular weight is 403 g/mol. The third kappa shape index (κ3) is 4.78. The van der Waals surface area contributed by atoms with Gasteiger partial charge < -0.3 is 14.8 Å². The van der Waals surface area contributed by atoms with E-state index in [9.17, 15) is 4.79 Å². The number of aryl methyl sites for hydroxylation is 1. The van der Waals surface area contributed by atoms with Gasteiger partial charge in [0.15, 0.2) is 11.5 Å². The van der Waals surface area contributed by atoms with Crippen molar-refractivity contribution in [1.29, 1.82) is 0 Å². The van der Waals surface area contributed by atoms with Gasteiger partial charge >= 0.3 is 0 Å². The molecule has 1 amide bonds. The molecular formula is C22H27ClN2O3. The van der Waals surface area contributed by atoms with E-state index < -0.39 is 0 Å². The van der Waals surface area contributed by atoms with E-state index >= 15 is 0 Å². The molecular weight excluding hydrogens is 376 g/mol. The lowest BCUT2D eigenvalue weighted by atomic mass is 9.94. The van der Waals surface area contributed by atoms with Crippen LogP contribution in [0.1, 0.15) is 37.9 Å². The zero-order valence-electron chi connectivity index (χ0n) is 16.7. The van der Waals surface area contributed by atoms with Crippen LogP contribution in [0.2, 0.25) is 5.02 Å². The average Bonchev–Trinajstić information content (AvgIpc) is 2.68. The first kappa shape index (κ1) is 20.5. The van der Waals surface area contributed by atoms with Gasteiger partial charge in [-0.2, -0.15) is 0 Å². The summed E-state index contributed by atoms with van der Waals surface area (Å²) in [4.78, 5) is 12.7. The van der Waals surface area contributed by atoms with Crippen molar-refractivity contribution in [3.05, 3.63) is 52.5 Å². The van der Waals surface area contributed by atoms with Crippen LogP contribution in [0.4, 0.5) is 5.69 Å². The third-order valence-corrected chi connectivity index (χ3v) is 5.11. The molecule has 0 saturated heterocycles. The maximum atomic E-state index is 12.7. The molecule has 2 aromatic rings. The minimum absolute atomic E-state index is 0.00275. The van der Waals surface area contributed by atoms with Crippen LogP contribution in [-0.2, 0) is 4.79 Å². The molecule has 5 nitrogen and oxygen atoms in total. The lowest BCUT2D eigenvalue weighted by Crippen LogP contribution is -2.41. The van der Waals surface area contributed by atoms with Crippen molar-refractivity contribution in [2.45, 2.75) is 39.8 Å². The molecule has 1 aliphatic rings. The summed E-state index contributed by atoms with van der Waals surface area (Å²) in [5, 5.41) is 7.01. The first-order valence-corrected chi connectivity index (χ1v) is 9.95. The van der Waals surface area contributed by atoms with E-state index in [1.807, 2.05) is 44.2 Å². The van der Waals surface area contributed by atoms with Crippen molar-refractivity contribution < 1.29 is 14.3 Å². The Morgan fingerprint density at radius 2 is 1.75 bits per heavy atom. The zero-order valence-corrected chi connectivity index (χ0v) is 17.5. The largest absolute Gasteiger partial charge is 0.486 e. The number of anilines is 1. The van der Waals surface area contributed by atoms with Crippen molar-refractivity contribution in [2.75, 3.05) is 18.5 Å². The number of benzene rings is 2. The summed E-state index contributed by atoms with van der Waals surface area (Å²) in [7, 11) is 0. The number of amides is 1. The molecule has 0 aliphatic carbocycles. The topological polar surface area (TPSA) is 59.6 Å². The van der Waals surface area contributed by atoms with Gasteiger partial charge in [-0.15, -0.1) is 0 Å². The van der Waals surface area contributed by atoms with E-state index in [0.29, 0.717) is 18.2 Å². The molecule has 0 spiro atoms. The molecule has 1 aliphatic heterocycles. The minimum atomic E-state index is -0.390. The summed E-state index contributed by atoms with van der Waals surface area (Å²) in [6.45, 7) is 9.17. The van der Waals surface area contributed by atoms with Crippen molar-refractivity contribution >= 4 is 23.2 Å². The summed E-state index contributed by atoms with van der Waals surface area (Å²) >= 11 is 6.05. The van der Waals surface area contributed by atoms with Crippen LogP contribution < -0.4 is 20.1 Å². The van der Waals surface area contributed by atoms with Crippen LogP contribution in [0.25, 0.3) is 0 Å². The normalized spacial score (nSPS) is 15.2. The molecule has 0 saturated carbocycles. The van der Waals surface area contributed by atoms with Gasteiger partial charge in [0.05, 0.1) is 6.04 Å². The van der Waals surface area contributed by atoms with Crippen molar-refractivity contribution in [1.82, 2.24) is 5.32 Å². The van der Waals surface area contributed by atoms with E-state index in [1.54, 1.807) is 6.07 Å². The second kappa shape index (κ2) is 8.84. The predicted molar refractivity (Wildman–Crippen MR) is 112 cm³/mol. The Morgan fingerprint density at radius 3 is 2.46 bits per heavy atom. The van der Waals surface area contributed by atoms with Gasteiger partial charge in [0.2, 0.25) is 5.91 Å².